The highest BCUT2D eigenvalue weighted by atomic mass is 19.3. The number of halogens is 2. The highest BCUT2D eigenvalue weighted by Gasteiger charge is 2.45. The van der Waals surface area contributed by atoms with Crippen molar-refractivity contribution in [2.75, 3.05) is 13.2 Å². The lowest BCUT2D eigenvalue weighted by molar-refractivity contribution is -0.134. The summed E-state index contributed by atoms with van der Waals surface area (Å²) >= 11 is 0. The van der Waals surface area contributed by atoms with Gasteiger partial charge in [-0.05, 0) is 36.9 Å². The van der Waals surface area contributed by atoms with Crippen molar-refractivity contribution in [3.63, 3.8) is 0 Å². The van der Waals surface area contributed by atoms with Crippen molar-refractivity contribution >= 4 is 17.5 Å². The van der Waals surface area contributed by atoms with E-state index in [0.717, 1.165) is 12.8 Å². The third-order valence-corrected chi connectivity index (χ3v) is 6.39. The summed E-state index contributed by atoms with van der Waals surface area (Å²) in [4.78, 5) is 29.5. The van der Waals surface area contributed by atoms with E-state index in [2.05, 4.69) is 31.0 Å². The molecule has 13 heteroatoms. The summed E-state index contributed by atoms with van der Waals surface area (Å²) in [7, 11) is 0. The number of fused-ring (bicyclic) bond motifs is 1. The monoisotopic (exact) mass is 503 g/mol. The van der Waals surface area contributed by atoms with Gasteiger partial charge in [0.2, 0.25) is 11.8 Å². The lowest BCUT2D eigenvalue weighted by Crippen LogP contribution is -2.40. The van der Waals surface area contributed by atoms with E-state index in [1.54, 1.807) is 23.0 Å². The smallest absolute Gasteiger partial charge is 0.275 e. The van der Waals surface area contributed by atoms with Crippen molar-refractivity contribution in [2.45, 2.75) is 63.5 Å². The minimum atomic E-state index is -2.66. The lowest BCUT2D eigenvalue weighted by atomic mass is 9.79. The third-order valence-electron chi connectivity index (χ3n) is 6.39. The van der Waals surface area contributed by atoms with Crippen LogP contribution in [0, 0.1) is 5.92 Å². The van der Waals surface area contributed by atoms with Crippen LogP contribution in [0.3, 0.4) is 0 Å². The van der Waals surface area contributed by atoms with E-state index in [-0.39, 0.29) is 61.8 Å². The van der Waals surface area contributed by atoms with E-state index < -0.39 is 12.0 Å². The first-order valence-corrected chi connectivity index (χ1v) is 12.0. The predicted octanol–water partition coefficient (Wildman–Crippen LogP) is 2.55. The van der Waals surface area contributed by atoms with Crippen LogP contribution < -0.4 is 10.6 Å². The molecular formula is C23H27F2N7O4. The second-order valence-corrected chi connectivity index (χ2v) is 9.39. The highest BCUT2D eigenvalue weighted by molar-refractivity contribution is 5.93. The molecule has 2 fully saturated rings. The zero-order valence-corrected chi connectivity index (χ0v) is 19.7. The van der Waals surface area contributed by atoms with Crippen molar-refractivity contribution in [1.82, 2.24) is 35.5 Å². The van der Waals surface area contributed by atoms with Gasteiger partial charge in [0, 0.05) is 37.4 Å². The average molecular weight is 504 g/mol. The molecule has 11 nitrogen and oxygen atoms in total. The molecule has 0 spiro atoms. The summed E-state index contributed by atoms with van der Waals surface area (Å²) in [6.45, 7) is 2.65. The molecule has 2 N–H and O–H groups in total. The molecule has 2 amide bonds. The molecule has 0 radical (unpaired) electrons. The minimum absolute atomic E-state index is 0.0462. The Bertz CT molecular complexity index is 1250. The van der Waals surface area contributed by atoms with Crippen LogP contribution in [0.4, 0.5) is 8.78 Å². The Morgan fingerprint density at radius 3 is 2.83 bits per heavy atom. The Hall–Kier alpha value is -3.48. The molecular weight excluding hydrogens is 476 g/mol. The molecule has 36 heavy (non-hydrogen) atoms. The zero-order valence-electron chi connectivity index (χ0n) is 19.7. The summed E-state index contributed by atoms with van der Waals surface area (Å²) in [6, 6.07) is 1.27. The standard InChI is InChI=1S/C23H27F2N7O4/c1-2-35-12-17(29-19(33)5-13-7-23(24,25)8-13)15-6-18-28-16(11-32(18)27-9-15)10-26-22(34)21-20(14-3-4-14)30-36-31-21/h6,9,11,13-14,17H,2-5,7-8,10,12H2,1H3,(H,26,34)(H,29,33). The molecule has 2 saturated carbocycles. The summed E-state index contributed by atoms with van der Waals surface area (Å²) in [5.41, 5.74) is 2.55. The fourth-order valence-corrected chi connectivity index (χ4v) is 4.35. The van der Waals surface area contributed by atoms with Crippen LogP contribution in [0.25, 0.3) is 5.65 Å². The molecule has 3 aromatic heterocycles. The van der Waals surface area contributed by atoms with Gasteiger partial charge >= 0.3 is 0 Å². The van der Waals surface area contributed by atoms with E-state index in [1.807, 2.05) is 6.92 Å². The third kappa shape index (κ3) is 5.50. The van der Waals surface area contributed by atoms with Crippen molar-refractivity contribution in [3.05, 3.63) is 41.1 Å². The first kappa shape index (κ1) is 24.2. The Morgan fingerprint density at radius 1 is 1.31 bits per heavy atom. The molecule has 3 heterocycles. The van der Waals surface area contributed by atoms with Gasteiger partial charge in [-0.3, -0.25) is 9.59 Å². The number of ether oxygens (including phenoxy) is 1. The van der Waals surface area contributed by atoms with Gasteiger partial charge < -0.3 is 15.4 Å². The Balaban J connectivity index is 1.23. The van der Waals surface area contributed by atoms with Crippen molar-refractivity contribution in [3.8, 4) is 0 Å². The molecule has 0 saturated heterocycles. The maximum absolute atomic E-state index is 13.1. The van der Waals surface area contributed by atoms with Crippen LogP contribution in [0.15, 0.2) is 23.1 Å². The van der Waals surface area contributed by atoms with Crippen LogP contribution in [-0.2, 0) is 16.1 Å². The molecule has 2 aliphatic carbocycles. The first-order chi connectivity index (χ1) is 17.3. The topological polar surface area (TPSA) is 137 Å². The number of nitrogens with one attached hydrogen (secondary N) is 2. The van der Waals surface area contributed by atoms with Gasteiger partial charge in [-0.2, -0.15) is 5.10 Å². The fourth-order valence-electron chi connectivity index (χ4n) is 4.35. The molecule has 1 unspecified atom stereocenters. The van der Waals surface area contributed by atoms with Crippen LogP contribution in [0.5, 0.6) is 0 Å². The molecule has 2 aliphatic rings. The SMILES string of the molecule is CCOCC(NC(=O)CC1CC(F)(F)C1)c1cnn2cc(CNC(=O)c3nonc3C3CC3)nc2c1. The molecule has 3 aromatic rings. The number of hydrogen-bond donors (Lipinski definition) is 2. The number of imidazole rings is 1. The summed E-state index contributed by atoms with van der Waals surface area (Å²) in [5, 5.41) is 17.6. The Labute approximate surface area is 204 Å². The number of carbonyl (C=O) groups excluding carboxylic acids is 2. The summed E-state index contributed by atoms with van der Waals surface area (Å²) in [5.74, 6) is -3.43. The minimum Gasteiger partial charge on any atom is -0.379 e. The average Bonchev–Trinajstić information content (AvgIpc) is 3.39. The zero-order chi connectivity index (χ0) is 25.3. The molecule has 192 valence electrons. The van der Waals surface area contributed by atoms with E-state index in [1.165, 1.54) is 0 Å². The van der Waals surface area contributed by atoms with Gasteiger partial charge in [0.1, 0.15) is 5.69 Å². The lowest BCUT2D eigenvalue weighted by Gasteiger charge is -2.34. The van der Waals surface area contributed by atoms with E-state index in [9.17, 15) is 18.4 Å². The largest absolute Gasteiger partial charge is 0.379 e. The van der Waals surface area contributed by atoms with Crippen molar-refractivity contribution in [1.29, 1.82) is 0 Å². The van der Waals surface area contributed by atoms with Gasteiger partial charge in [-0.1, -0.05) is 5.16 Å². The maximum atomic E-state index is 13.1. The Morgan fingerprint density at radius 2 is 2.11 bits per heavy atom. The van der Waals surface area contributed by atoms with Gasteiger partial charge in [0.05, 0.1) is 37.3 Å². The van der Waals surface area contributed by atoms with Gasteiger partial charge in [0.15, 0.2) is 11.3 Å². The number of nitrogens with zero attached hydrogens (tertiary/aromatic N) is 5. The summed E-state index contributed by atoms with van der Waals surface area (Å²) < 4.78 is 38.0. The second-order valence-electron chi connectivity index (χ2n) is 9.39. The maximum Gasteiger partial charge on any atom is 0.275 e. The normalized spacial score (nSPS) is 18.1. The van der Waals surface area contributed by atoms with Crippen LogP contribution >= 0.6 is 0 Å². The van der Waals surface area contributed by atoms with Crippen LogP contribution in [0.2, 0.25) is 0 Å². The number of hydrogen-bond acceptors (Lipinski definition) is 8. The molecule has 1 atom stereocenters. The highest BCUT2D eigenvalue weighted by Crippen LogP contribution is 2.44. The molecule has 0 aromatic carbocycles. The Kier molecular flexibility index (Phi) is 6.65. The number of aromatic nitrogens is 5. The number of carbonyl (C=O) groups is 2. The van der Waals surface area contributed by atoms with Crippen molar-refractivity contribution in [2.24, 2.45) is 5.92 Å². The number of rotatable bonds is 11. The number of alkyl halides is 2. The first-order valence-electron chi connectivity index (χ1n) is 12.0. The summed E-state index contributed by atoms with van der Waals surface area (Å²) in [6.07, 6.45) is 4.76. The van der Waals surface area contributed by atoms with E-state index >= 15 is 0 Å². The molecule has 0 bridgehead atoms. The quantitative estimate of drug-likeness (QED) is 0.407. The fraction of sp³-hybridized carbons (Fsp3) is 0.565. The van der Waals surface area contributed by atoms with Crippen LogP contribution in [-0.4, -0.2) is 55.9 Å². The van der Waals surface area contributed by atoms with Gasteiger partial charge in [0.25, 0.3) is 5.91 Å². The van der Waals surface area contributed by atoms with E-state index in [0.29, 0.717) is 29.2 Å². The van der Waals surface area contributed by atoms with Crippen molar-refractivity contribution < 1.29 is 27.7 Å². The molecule has 0 aliphatic heterocycles. The van der Waals surface area contributed by atoms with Gasteiger partial charge in [-0.15, -0.1) is 0 Å². The van der Waals surface area contributed by atoms with Gasteiger partial charge in [-0.25, -0.2) is 22.9 Å². The van der Waals surface area contributed by atoms with Crippen LogP contribution in [0.1, 0.15) is 78.4 Å². The predicted molar refractivity (Wildman–Crippen MR) is 120 cm³/mol. The number of amides is 2. The molecule has 5 rings (SSSR count). The van der Waals surface area contributed by atoms with E-state index in [4.69, 9.17) is 9.37 Å². The second kappa shape index (κ2) is 9.88.